The molecular formula is C28H29N7O4. The van der Waals surface area contributed by atoms with Crippen molar-refractivity contribution in [3.8, 4) is 22.5 Å². The van der Waals surface area contributed by atoms with Gasteiger partial charge in [0.2, 0.25) is 5.78 Å². The summed E-state index contributed by atoms with van der Waals surface area (Å²) in [5.41, 5.74) is 8.32. The van der Waals surface area contributed by atoms with Crippen LogP contribution in [0.1, 0.15) is 42.9 Å². The van der Waals surface area contributed by atoms with E-state index in [0.29, 0.717) is 41.5 Å². The maximum Gasteiger partial charge on any atom is 0.439 e. The summed E-state index contributed by atoms with van der Waals surface area (Å²) in [6.45, 7) is 5.69. The molecule has 2 N–H and O–H groups in total. The topological polar surface area (TPSA) is 132 Å². The van der Waals surface area contributed by atoms with Crippen LogP contribution >= 0.6 is 0 Å². The van der Waals surface area contributed by atoms with E-state index in [1.165, 1.54) is 11.7 Å². The molecule has 0 fully saturated rings. The molecule has 200 valence electrons. The zero-order valence-corrected chi connectivity index (χ0v) is 22.2. The van der Waals surface area contributed by atoms with Crippen LogP contribution in [0, 0.1) is 6.92 Å². The van der Waals surface area contributed by atoms with Crippen LogP contribution in [-0.4, -0.2) is 36.4 Å². The van der Waals surface area contributed by atoms with Gasteiger partial charge < -0.3 is 0 Å². The first-order valence-electron chi connectivity index (χ1n) is 12.6. The SMILES string of the molecule is CCCc1c(Cc2ccc(-c3ccccc3-c3noc(=O)[nH]3)cc2)c(=O)n(/C=C(/C)NOC)c2nc(C)nn12. The average molecular weight is 528 g/mol. The average Bonchev–Trinajstić information content (AvgIpc) is 3.54. The summed E-state index contributed by atoms with van der Waals surface area (Å²) in [5, 5.41) is 8.45. The fourth-order valence-electron chi connectivity index (χ4n) is 4.69. The molecule has 0 radical (unpaired) electrons. The van der Waals surface area contributed by atoms with E-state index in [4.69, 9.17) is 9.36 Å². The molecule has 0 unspecified atom stereocenters. The van der Waals surface area contributed by atoms with Gasteiger partial charge in [-0.05, 0) is 37.0 Å². The summed E-state index contributed by atoms with van der Waals surface area (Å²) in [7, 11) is 1.51. The first kappa shape index (κ1) is 25.9. The van der Waals surface area contributed by atoms with Gasteiger partial charge in [0.15, 0.2) is 5.82 Å². The van der Waals surface area contributed by atoms with E-state index in [-0.39, 0.29) is 5.56 Å². The molecule has 0 amide bonds. The van der Waals surface area contributed by atoms with E-state index in [2.05, 4.69) is 32.6 Å². The molecule has 0 spiro atoms. The first-order valence-corrected chi connectivity index (χ1v) is 12.6. The minimum atomic E-state index is -0.605. The summed E-state index contributed by atoms with van der Waals surface area (Å²) in [6.07, 6.45) is 3.63. The summed E-state index contributed by atoms with van der Waals surface area (Å²) >= 11 is 0. The Morgan fingerprint density at radius 2 is 1.87 bits per heavy atom. The number of H-pyrrole nitrogens is 1. The van der Waals surface area contributed by atoms with Gasteiger partial charge in [0.1, 0.15) is 5.82 Å². The largest absolute Gasteiger partial charge is 0.439 e. The molecule has 0 saturated heterocycles. The summed E-state index contributed by atoms with van der Waals surface area (Å²) in [6, 6.07) is 15.6. The van der Waals surface area contributed by atoms with Gasteiger partial charge in [-0.25, -0.2) is 13.9 Å². The highest BCUT2D eigenvalue weighted by Crippen LogP contribution is 2.30. The zero-order valence-electron chi connectivity index (χ0n) is 22.2. The molecule has 3 heterocycles. The minimum Gasteiger partial charge on any atom is -0.296 e. The number of benzene rings is 2. The number of hydroxylamine groups is 1. The summed E-state index contributed by atoms with van der Waals surface area (Å²) in [5.74, 6) is 0.804. The lowest BCUT2D eigenvalue weighted by atomic mass is 9.96. The maximum absolute atomic E-state index is 13.8. The van der Waals surface area contributed by atoms with Crippen LogP contribution in [0.3, 0.4) is 0 Å². The van der Waals surface area contributed by atoms with Crippen molar-refractivity contribution in [3.05, 3.63) is 97.8 Å². The van der Waals surface area contributed by atoms with Crippen LogP contribution in [0.5, 0.6) is 0 Å². The zero-order chi connectivity index (χ0) is 27.5. The number of aryl methyl sites for hydroxylation is 2. The molecule has 39 heavy (non-hydrogen) atoms. The van der Waals surface area contributed by atoms with Crippen molar-refractivity contribution in [2.45, 2.75) is 40.0 Å². The van der Waals surface area contributed by atoms with E-state index in [1.807, 2.05) is 55.5 Å². The van der Waals surface area contributed by atoms with Crippen LogP contribution in [0.2, 0.25) is 0 Å². The first-order chi connectivity index (χ1) is 18.9. The quantitative estimate of drug-likeness (QED) is 0.277. The normalized spacial score (nSPS) is 11.8. The maximum atomic E-state index is 13.8. The molecule has 11 heteroatoms. The Hall–Kier alpha value is -4.77. The Morgan fingerprint density at radius 3 is 2.54 bits per heavy atom. The van der Waals surface area contributed by atoms with Crippen LogP contribution in [0.4, 0.5) is 0 Å². The van der Waals surface area contributed by atoms with Crippen molar-refractivity contribution in [1.29, 1.82) is 0 Å². The number of hydrogen-bond acceptors (Lipinski definition) is 8. The van der Waals surface area contributed by atoms with Gasteiger partial charge in [-0.3, -0.25) is 24.6 Å². The highest BCUT2D eigenvalue weighted by atomic mass is 16.6. The number of hydrogen-bond donors (Lipinski definition) is 2. The van der Waals surface area contributed by atoms with Crippen molar-refractivity contribution < 1.29 is 9.36 Å². The number of nitrogens with one attached hydrogen (secondary N) is 2. The van der Waals surface area contributed by atoms with E-state index >= 15 is 0 Å². The predicted molar refractivity (Wildman–Crippen MR) is 147 cm³/mol. The monoisotopic (exact) mass is 527 g/mol. The van der Waals surface area contributed by atoms with E-state index < -0.39 is 5.76 Å². The Bertz CT molecular complexity index is 1770. The molecule has 5 rings (SSSR count). The highest BCUT2D eigenvalue weighted by molar-refractivity contribution is 5.80. The molecule has 0 aliphatic rings. The van der Waals surface area contributed by atoms with Crippen LogP contribution in [-0.2, 0) is 17.7 Å². The van der Waals surface area contributed by atoms with Crippen molar-refractivity contribution in [1.82, 2.24) is 34.8 Å². The molecule has 3 aromatic heterocycles. The second-order valence-electron chi connectivity index (χ2n) is 9.20. The van der Waals surface area contributed by atoms with Crippen molar-refractivity contribution in [2.75, 3.05) is 7.11 Å². The number of rotatable bonds is 9. The third kappa shape index (κ3) is 5.16. The Kier molecular flexibility index (Phi) is 7.24. The Labute approximate surface area is 223 Å². The second-order valence-corrected chi connectivity index (χ2v) is 9.20. The van der Waals surface area contributed by atoms with E-state index in [0.717, 1.165) is 34.4 Å². The fourth-order valence-corrected chi connectivity index (χ4v) is 4.69. The highest BCUT2D eigenvalue weighted by Gasteiger charge is 2.19. The van der Waals surface area contributed by atoms with E-state index in [1.54, 1.807) is 17.6 Å². The number of fused-ring (bicyclic) bond motifs is 1. The molecule has 0 aliphatic heterocycles. The molecule has 0 atom stereocenters. The van der Waals surface area contributed by atoms with Crippen LogP contribution in [0.15, 0.2) is 68.3 Å². The van der Waals surface area contributed by atoms with Crippen molar-refractivity contribution in [3.63, 3.8) is 0 Å². The molecule has 0 bridgehead atoms. The lowest BCUT2D eigenvalue weighted by Crippen LogP contribution is -2.28. The van der Waals surface area contributed by atoms with E-state index in [9.17, 15) is 9.59 Å². The summed E-state index contributed by atoms with van der Waals surface area (Å²) in [4.78, 5) is 37.5. The molecule has 0 saturated carbocycles. The van der Waals surface area contributed by atoms with Gasteiger partial charge in [-0.2, -0.15) is 10.1 Å². The smallest absolute Gasteiger partial charge is 0.296 e. The number of aromatic nitrogens is 6. The lowest BCUT2D eigenvalue weighted by molar-refractivity contribution is 0.119. The molecular weight excluding hydrogens is 498 g/mol. The third-order valence-corrected chi connectivity index (χ3v) is 6.33. The standard InChI is InChI=1S/C28H29N7O4/c1-5-8-24-23(26(36)34(16-17(2)32-38-4)27-29-18(3)31-35(24)27)15-19-11-13-20(14-12-19)21-9-6-7-10-22(21)25-30-28(37)39-33-25/h6-7,9-14,16,32H,5,8,15H2,1-4H3,(H,30,33,37)/b17-16-. The predicted octanol–water partition coefficient (Wildman–Crippen LogP) is 3.72. The fraction of sp³-hybridized carbons (Fsp3) is 0.250. The summed E-state index contributed by atoms with van der Waals surface area (Å²) < 4.78 is 7.98. The van der Waals surface area contributed by atoms with Crippen LogP contribution < -0.4 is 16.8 Å². The Balaban J connectivity index is 1.57. The Morgan fingerprint density at radius 1 is 1.13 bits per heavy atom. The van der Waals surface area contributed by atoms with Gasteiger partial charge in [0.05, 0.1) is 18.5 Å². The van der Waals surface area contributed by atoms with Crippen molar-refractivity contribution >= 4 is 12.0 Å². The molecule has 2 aromatic carbocycles. The van der Waals surface area contributed by atoms with Crippen molar-refractivity contribution in [2.24, 2.45) is 0 Å². The molecule has 5 aromatic rings. The third-order valence-electron chi connectivity index (χ3n) is 6.33. The number of aromatic amines is 1. The van der Waals surface area contributed by atoms with Gasteiger partial charge >= 0.3 is 5.76 Å². The van der Waals surface area contributed by atoms with Gasteiger partial charge in [-0.1, -0.05) is 67.0 Å². The minimum absolute atomic E-state index is 0.153. The number of nitrogens with zero attached hydrogens (tertiary/aromatic N) is 5. The molecule has 0 aliphatic carbocycles. The lowest BCUT2D eigenvalue weighted by Gasteiger charge is -2.14. The van der Waals surface area contributed by atoms with Gasteiger partial charge in [0.25, 0.3) is 5.56 Å². The second kappa shape index (κ2) is 10.9. The van der Waals surface area contributed by atoms with Crippen LogP contribution in [0.25, 0.3) is 34.5 Å². The number of allylic oxidation sites excluding steroid dienone is 1. The van der Waals surface area contributed by atoms with Gasteiger partial charge in [-0.15, -0.1) is 0 Å². The van der Waals surface area contributed by atoms with Gasteiger partial charge in [0, 0.05) is 23.7 Å². The molecule has 11 nitrogen and oxygen atoms in total.